The van der Waals surface area contributed by atoms with Crippen molar-refractivity contribution in [1.29, 1.82) is 0 Å². The number of hydrogen-bond acceptors (Lipinski definition) is 2. The number of ether oxygens (including phenoxy) is 1. The van der Waals surface area contributed by atoms with Gasteiger partial charge in [-0.25, -0.2) is 4.39 Å². The number of aliphatic imine (C=N–C) groups is 1. The van der Waals surface area contributed by atoms with Crippen LogP contribution in [0.2, 0.25) is 0 Å². The maximum absolute atomic E-state index is 13.7. The molecule has 3 atom stereocenters. The van der Waals surface area contributed by atoms with Gasteiger partial charge in [0.25, 0.3) is 0 Å². The largest absolute Gasteiger partial charge is 0.377 e. The number of benzene rings is 1. The fourth-order valence-corrected chi connectivity index (χ4v) is 3.78. The Bertz CT molecular complexity index is 579. The molecule has 3 unspecified atom stereocenters. The van der Waals surface area contributed by atoms with Crippen molar-refractivity contribution in [3.8, 4) is 0 Å². The van der Waals surface area contributed by atoms with Crippen molar-refractivity contribution in [3.05, 3.63) is 35.6 Å². The van der Waals surface area contributed by atoms with Gasteiger partial charge in [-0.2, -0.15) is 0 Å². The molecule has 0 spiro atoms. The summed E-state index contributed by atoms with van der Waals surface area (Å²) in [6.07, 6.45) is 1.44. The van der Waals surface area contributed by atoms with Gasteiger partial charge in [0.2, 0.25) is 0 Å². The molecule has 2 N–H and O–H groups in total. The second kappa shape index (κ2) is 7.34. The standard InChI is InChI=1S/C17H24FN3O.HI/c1-17(2)14(12-8-9-22-15(12)17)21-16(19-3)20-10-11-6-4-5-7-13(11)18;/h4-7,12,14-15H,8-10H2,1-3H3,(H2,19,20,21);1H. The Morgan fingerprint density at radius 2 is 2.13 bits per heavy atom. The number of nitrogens with zero attached hydrogens (tertiary/aromatic N) is 1. The van der Waals surface area contributed by atoms with Gasteiger partial charge in [0.05, 0.1) is 6.10 Å². The predicted octanol–water partition coefficient (Wildman–Crippen LogP) is 2.92. The predicted molar refractivity (Wildman–Crippen MR) is 101 cm³/mol. The molecule has 6 heteroatoms. The Morgan fingerprint density at radius 1 is 1.39 bits per heavy atom. The lowest BCUT2D eigenvalue weighted by atomic mass is 9.57. The maximum Gasteiger partial charge on any atom is 0.191 e. The molecule has 1 aliphatic carbocycles. The van der Waals surface area contributed by atoms with E-state index in [0.29, 0.717) is 36.1 Å². The summed E-state index contributed by atoms with van der Waals surface area (Å²) < 4.78 is 19.5. The zero-order chi connectivity index (χ0) is 15.7. The highest BCUT2D eigenvalue weighted by Crippen LogP contribution is 2.52. The second-order valence-corrected chi connectivity index (χ2v) is 6.70. The van der Waals surface area contributed by atoms with Gasteiger partial charge in [0.1, 0.15) is 5.82 Å². The van der Waals surface area contributed by atoms with E-state index in [2.05, 4.69) is 29.5 Å². The molecule has 23 heavy (non-hydrogen) atoms. The van der Waals surface area contributed by atoms with Gasteiger partial charge in [-0.1, -0.05) is 32.0 Å². The minimum Gasteiger partial charge on any atom is -0.377 e. The van der Waals surface area contributed by atoms with E-state index in [0.717, 1.165) is 13.0 Å². The number of guanidine groups is 1. The van der Waals surface area contributed by atoms with E-state index >= 15 is 0 Å². The number of hydrogen-bond donors (Lipinski definition) is 2. The van der Waals surface area contributed by atoms with Crippen LogP contribution < -0.4 is 10.6 Å². The molecule has 1 aromatic carbocycles. The van der Waals surface area contributed by atoms with Crippen molar-refractivity contribution in [2.24, 2.45) is 16.3 Å². The van der Waals surface area contributed by atoms with Gasteiger partial charge in [0.15, 0.2) is 5.96 Å². The lowest BCUT2D eigenvalue weighted by molar-refractivity contribution is -0.106. The van der Waals surface area contributed by atoms with Crippen LogP contribution in [0.1, 0.15) is 25.8 Å². The molecule has 1 aromatic rings. The first kappa shape index (κ1) is 18.4. The summed E-state index contributed by atoms with van der Waals surface area (Å²) in [7, 11) is 1.74. The average molecular weight is 433 g/mol. The third kappa shape index (κ3) is 3.47. The number of halogens is 2. The number of rotatable bonds is 3. The van der Waals surface area contributed by atoms with Gasteiger partial charge >= 0.3 is 0 Å². The molecule has 1 heterocycles. The molecule has 0 aromatic heterocycles. The van der Waals surface area contributed by atoms with E-state index in [9.17, 15) is 4.39 Å². The Labute approximate surface area is 154 Å². The Balaban J connectivity index is 0.00000192. The van der Waals surface area contributed by atoms with Gasteiger partial charge in [0, 0.05) is 43.1 Å². The zero-order valence-electron chi connectivity index (χ0n) is 13.8. The highest BCUT2D eigenvalue weighted by Gasteiger charge is 2.59. The molecule has 2 fully saturated rings. The summed E-state index contributed by atoms with van der Waals surface area (Å²) >= 11 is 0. The minimum absolute atomic E-state index is 0. The van der Waals surface area contributed by atoms with Crippen LogP contribution in [0.15, 0.2) is 29.3 Å². The summed E-state index contributed by atoms with van der Waals surface area (Å²) in [6.45, 7) is 5.71. The van der Waals surface area contributed by atoms with Crippen molar-refractivity contribution in [2.45, 2.75) is 39.0 Å². The first-order chi connectivity index (χ1) is 10.5. The van der Waals surface area contributed by atoms with Crippen LogP contribution in [-0.4, -0.2) is 31.8 Å². The zero-order valence-corrected chi connectivity index (χ0v) is 16.1. The average Bonchev–Trinajstić information content (AvgIpc) is 2.96. The van der Waals surface area contributed by atoms with Crippen LogP contribution >= 0.6 is 24.0 Å². The topological polar surface area (TPSA) is 45.7 Å². The molecular formula is C17H25FIN3O. The molecule has 4 nitrogen and oxygen atoms in total. The molecule has 1 saturated heterocycles. The first-order valence-electron chi connectivity index (χ1n) is 7.86. The lowest BCUT2D eigenvalue weighted by Gasteiger charge is -2.54. The lowest BCUT2D eigenvalue weighted by Crippen LogP contribution is -2.67. The summed E-state index contributed by atoms with van der Waals surface area (Å²) in [6, 6.07) is 7.13. The molecule has 3 rings (SSSR count). The Hall–Kier alpha value is -0.890. The highest BCUT2D eigenvalue weighted by molar-refractivity contribution is 14.0. The SMILES string of the molecule is CN=C(NCc1ccccc1F)NC1C2CCOC2C1(C)C.I. The van der Waals surface area contributed by atoms with E-state index < -0.39 is 0 Å². The first-order valence-corrected chi connectivity index (χ1v) is 7.86. The monoisotopic (exact) mass is 433 g/mol. The maximum atomic E-state index is 13.7. The van der Waals surface area contributed by atoms with E-state index in [4.69, 9.17) is 4.74 Å². The molecule has 0 amide bonds. The van der Waals surface area contributed by atoms with Gasteiger partial charge in [-0.05, 0) is 12.5 Å². The van der Waals surface area contributed by atoms with E-state index in [1.807, 2.05) is 6.07 Å². The van der Waals surface area contributed by atoms with Crippen LogP contribution in [0.3, 0.4) is 0 Å². The fourth-order valence-electron chi connectivity index (χ4n) is 3.78. The summed E-state index contributed by atoms with van der Waals surface area (Å²) in [5, 5.41) is 6.69. The fraction of sp³-hybridized carbons (Fsp3) is 0.588. The Kier molecular flexibility index (Phi) is 5.89. The van der Waals surface area contributed by atoms with E-state index in [1.54, 1.807) is 19.2 Å². The Morgan fingerprint density at radius 3 is 2.83 bits per heavy atom. The molecule has 128 valence electrons. The van der Waals surface area contributed by atoms with Crippen LogP contribution in [0.25, 0.3) is 0 Å². The van der Waals surface area contributed by atoms with Crippen molar-refractivity contribution in [2.75, 3.05) is 13.7 Å². The number of fused-ring (bicyclic) bond motifs is 1. The molecular weight excluding hydrogens is 408 g/mol. The summed E-state index contributed by atoms with van der Waals surface area (Å²) in [5.74, 6) is 1.06. The van der Waals surface area contributed by atoms with E-state index in [-0.39, 0.29) is 35.2 Å². The van der Waals surface area contributed by atoms with Crippen LogP contribution in [0, 0.1) is 17.2 Å². The highest BCUT2D eigenvalue weighted by atomic mass is 127. The molecule has 0 radical (unpaired) electrons. The molecule has 0 bridgehead atoms. The van der Waals surface area contributed by atoms with Crippen molar-refractivity contribution < 1.29 is 9.13 Å². The molecule has 2 aliphatic rings. The van der Waals surface area contributed by atoms with Gasteiger partial charge in [-0.3, -0.25) is 4.99 Å². The summed E-state index contributed by atoms with van der Waals surface area (Å²) in [4.78, 5) is 4.27. The third-order valence-corrected chi connectivity index (χ3v) is 5.02. The van der Waals surface area contributed by atoms with Crippen molar-refractivity contribution in [3.63, 3.8) is 0 Å². The molecule has 1 aliphatic heterocycles. The quantitative estimate of drug-likeness (QED) is 0.438. The second-order valence-electron chi connectivity index (χ2n) is 6.70. The third-order valence-electron chi connectivity index (χ3n) is 5.02. The van der Waals surface area contributed by atoms with Crippen LogP contribution in [-0.2, 0) is 11.3 Å². The van der Waals surface area contributed by atoms with E-state index in [1.165, 1.54) is 6.07 Å². The van der Waals surface area contributed by atoms with Crippen molar-refractivity contribution >= 4 is 29.9 Å². The van der Waals surface area contributed by atoms with Crippen LogP contribution in [0.5, 0.6) is 0 Å². The summed E-state index contributed by atoms with van der Waals surface area (Å²) in [5.41, 5.74) is 0.733. The normalized spacial score (nSPS) is 28.3. The van der Waals surface area contributed by atoms with Gasteiger partial charge < -0.3 is 15.4 Å². The van der Waals surface area contributed by atoms with Gasteiger partial charge in [-0.15, -0.1) is 24.0 Å². The minimum atomic E-state index is -0.196. The smallest absolute Gasteiger partial charge is 0.191 e. The number of nitrogens with one attached hydrogen (secondary N) is 2. The van der Waals surface area contributed by atoms with Crippen LogP contribution in [0.4, 0.5) is 4.39 Å². The van der Waals surface area contributed by atoms with Crippen molar-refractivity contribution in [1.82, 2.24) is 10.6 Å². The molecule has 1 saturated carbocycles.